The number of rotatable bonds is 1. The predicted molar refractivity (Wildman–Crippen MR) is 56.2 cm³/mol. The van der Waals surface area contributed by atoms with Crippen molar-refractivity contribution in [3.63, 3.8) is 0 Å². The molecule has 1 fully saturated rings. The van der Waals surface area contributed by atoms with Gasteiger partial charge in [0.1, 0.15) is 5.54 Å². The smallest absolute Gasteiger partial charge is 0.108 e. The zero-order chi connectivity index (χ0) is 10.2. The molecule has 0 aromatic rings. The highest BCUT2D eigenvalue weighted by molar-refractivity contribution is 4.83. The Hall–Kier alpha value is -0.0800. The monoisotopic (exact) mass is 186 g/mol. The first kappa shape index (κ1) is 11.0. The maximum atomic E-state index is 2.44. The Labute approximate surface area is 82.9 Å². The van der Waals surface area contributed by atoms with E-state index in [-0.39, 0.29) is 0 Å². The highest BCUT2D eigenvalue weighted by Gasteiger charge is 2.46. The molecule has 0 radical (unpaired) electrons. The molecule has 2 nitrogen and oxygen atoms in total. The van der Waals surface area contributed by atoms with E-state index in [1.807, 2.05) is 0 Å². The van der Waals surface area contributed by atoms with Gasteiger partial charge in [-0.15, -0.1) is 0 Å². The van der Waals surface area contributed by atoms with E-state index in [4.69, 9.17) is 0 Å². The molecular formula is C11H26N2+2. The minimum Gasteiger partial charge on any atom is -0.335 e. The van der Waals surface area contributed by atoms with Gasteiger partial charge < -0.3 is 9.80 Å². The van der Waals surface area contributed by atoms with Crippen molar-refractivity contribution in [3.05, 3.63) is 0 Å². The van der Waals surface area contributed by atoms with E-state index in [0.717, 1.165) is 12.0 Å². The number of quaternary nitrogens is 2. The van der Waals surface area contributed by atoms with Crippen LogP contribution in [0.2, 0.25) is 0 Å². The minimum absolute atomic E-state index is 0.485. The first-order chi connectivity index (χ1) is 5.88. The van der Waals surface area contributed by atoms with Crippen LogP contribution in [0.3, 0.4) is 0 Å². The van der Waals surface area contributed by atoms with Gasteiger partial charge in [0, 0.05) is 0 Å². The summed E-state index contributed by atoms with van der Waals surface area (Å²) in [4.78, 5) is 3.31. The van der Waals surface area contributed by atoms with E-state index in [9.17, 15) is 0 Å². The van der Waals surface area contributed by atoms with Crippen molar-refractivity contribution in [1.82, 2.24) is 0 Å². The Bertz CT molecular complexity index is 179. The van der Waals surface area contributed by atoms with Crippen LogP contribution in [0.25, 0.3) is 0 Å². The summed E-state index contributed by atoms with van der Waals surface area (Å²) in [6.07, 6.45) is 1.35. The molecule has 0 amide bonds. The number of hydrogen-bond donors (Lipinski definition) is 2. The Morgan fingerprint density at radius 1 is 1.31 bits per heavy atom. The van der Waals surface area contributed by atoms with E-state index in [1.54, 1.807) is 9.80 Å². The molecule has 0 aromatic heterocycles. The molecule has 1 unspecified atom stereocenters. The van der Waals surface area contributed by atoms with E-state index in [1.165, 1.54) is 13.0 Å². The van der Waals surface area contributed by atoms with Gasteiger partial charge in [0.15, 0.2) is 0 Å². The molecule has 0 saturated carbocycles. The SMILES string of the molecule is C[C@@H]1C[NH+](C)[C@@H](C)C[C@]1(C)[NH+](C)C. The summed E-state index contributed by atoms with van der Waals surface area (Å²) < 4.78 is 0. The zero-order valence-corrected chi connectivity index (χ0v) is 10.1. The summed E-state index contributed by atoms with van der Waals surface area (Å²) in [7, 11) is 6.92. The second-order valence-electron chi connectivity index (χ2n) is 5.47. The topological polar surface area (TPSA) is 8.88 Å². The average Bonchev–Trinajstić information content (AvgIpc) is 2.01. The third-order valence-corrected chi connectivity index (χ3v) is 4.43. The molecule has 0 spiro atoms. The third kappa shape index (κ3) is 1.89. The largest absolute Gasteiger partial charge is 0.335 e. The van der Waals surface area contributed by atoms with Crippen LogP contribution in [0, 0.1) is 5.92 Å². The fourth-order valence-electron chi connectivity index (χ4n) is 2.62. The molecule has 1 rings (SSSR count). The summed E-state index contributed by atoms with van der Waals surface area (Å²) in [5, 5.41) is 0. The molecule has 0 aliphatic carbocycles. The maximum Gasteiger partial charge on any atom is 0.108 e. The van der Waals surface area contributed by atoms with E-state index in [0.29, 0.717) is 5.54 Å². The standard InChI is InChI=1S/C11H24N2/c1-9-8-13(6)10(2)7-11(9,3)12(4)5/h9-10H,7-8H2,1-6H3/p+2/t9-,10+,11+/m1/s1. The molecule has 2 heteroatoms. The van der Waals surface area contributed by atoms with Crippen LogP contribution in [0.4, 0.5) is 0 Å². The lowest BCUT2D eigenvalue weighted by atomic mass is 9.77. The van der Waals surface area contributed by atoms with Gasteiger partial charge in [-0.1, -0.05) is 6.92 Å². The molecule has 1 saturated heterocycles. The fraction of sp³-hybridized carbons (Fsp3) is 1.00. The molecule has 1 aliphatic rings. The van der Waals surface area contributed by atoms with E-state index in [2.05, 4.69) is 41.9 Å². The highest BCUT2D eigenvalue weighted by Crippen LogP contribution is 2.20. The van der Waals surface area contributed by atoms with Gasteiger partial charge in [-0.25, -0.2) is 0 Å². The van der Waals surface area contributed by atoms with E-state index < -0.39 is 0 Å². The molecule has 0 bridgehead atoms. The second kappa shape index (κ2) is 3.58. The third-order valence-electron chi connectivity index (χ3n) is 4.43. The Morgan fingerprint density at radius 2 is 1.85 bits per heavy atom. The van der Waals surface area contributed by atoms with Crippen molar-refractivity contribution >= 4 is 0 Å². The summed E-state index contributed by atoms with van der Waals surface area (Å²) >= 11 is 0. The Kier molecular flexibility index (Phi) is 3.03. The summed E-state index contributed by atoms with van der Waals surface area (Å²) in [5.74, 6) is 0.827. The molecule has 2 N–H and O–H groups in total. The van der Waals surface area contributed by atoms with E-state index >= 15 is 0 Å². The lowest BCUT2D eigenvalue weighted by Gasteiger charge is -2.45. The van der Waals surface area contributed by atoms with Gasteiger partial charge in [-0.3, -0.25) is 0 Å². The first-order valence-electron chi connectivity index (χ1n) is 5.51. The average molecular weight is 186 g/mol. The van der Waals surface area contributed by atoms with Crippen LogP contribution in [-0.2, 0) is 0 Å². The molecule has 4 atom stereocenters. The summed E-state index contributed by atoms with van der Waals surface area (Å²) in [6, 6.07) is 0.816. The van der Waals surface area contributed by atoms with Crippen molar-refractivity contribution in [2.24, 2.45) is 5.92 Å². The highest BCUT2D eigenvalue weighted by atomic mass is 15.2. The summed E-state index contributed by atoms with van der Waals surface area (Å²) in [5.41, 5.74) is 0.485. The molecule has 1 aliphatic heterocycles. The zero-order valence-electron chi connectivity index (χ0n) is 10.1. The van der Waals surface area contributed by atoms with Crippen molar-refractivity contribution in [3.8, 4) is 0 Å². The van der Waals surface area contributed by atoms with Gasteiger partial charge in [-0.2, -0.15) is 0 Å². The molecule has 0 aromatic carbocycles. The molecule has 78 valence electrons. The number of likely N-dealkylation sites (tertiary alicyclic amines) is 1. The van der Waals surface area contributed by atoms with Crippen molar-refractivity contribution in [1.29, 1.82) is 0 Å². The molecule has 13 heavy (non-hydrogen) atoms. The maximum absolute atomic E-state index is 2.44. The Balaban J connectivity index is 2.76. The van der Waals surface area contributed by atoms with Gasteiger partial charge >= 0.3 is 0 Å². The van der Waals surface area contributed by atoms with Gasteiger partial charge in [-0.05, 0) is 13.8 Å². The number of hydrogen-bond acceptors (Lipinski definition) is 0. The second-order valence-corrected chi connectivity index (χ2v) is 5.47. The van der Waals surface area contributed by atoms with Gasteiger partial charge in [0.2, 0.25) is 0 Å². The van der Waals surface area contributed by atoms with Gasteiger partial charge in [0.05, 0.1) is 46.1 Å². The molecule has 1 heterocycles. The van der Waals surface area contributed by atoms with Crippen LogP contribution in [0.15, 0.2) is 0 Å². The normalized spacial score (nSPS) is 46.8. The van der Waals surface area contributed by atoms with Crippen LogP contribution in [0.1, 0.15) is 27.2 Å². The van der Waals surface area contributed by atoms with Crippen LogP contribution < -0.4 is 9.80 Å². The quantitative estimate of drug-likeness (QED) is 0.511. The van der Waals surface area contributed by atoms with Crippen LogP contribution in [0.5, 0.6) is 0 Å². The fourth-order valence-corrected chi connectivity index (χ4v) is 2.62. The van der Waals surface area contributed by atoms with Crippen LogP contribution in [-0.4, -0.2) is 39.3 Å². The van der Waals surface area contributed by atoms with Crippen molar-refractivity contribution < 1.29 is 9.80 Å². The lowest BCUT2D eigenvalue weighted by Crippen LogP contribution is -3.23. The van der Waals surface area contributed by atoms with Gasteiger partial charge in [0.25, 0.3) is 0 Å². The van der Waals surface area contributed by atoms with Crippen molar-refractivity contribution in [2.45, 2.75) is 38.8 Å². The Morgan fingerprint density at radius 3 is 2.31 bits per heavy atom. The first-order valence-corrected chi connectivity index (χ1v) is 5.51. The number of piperidine rings is 1. The lowest BCUT2D eigenvalue weighted by molar-refractivity contribution is -0.966. The summed E-state index contributed by atoms with van der Waals surface area (Å²) in [6.45, 7) is 8.55. The number of nitrogens with one attached hydrogen (secondary N) is 2. The minimum atomic E-state index is 0.485. The van der Waals surface area contributed by atoms with Crippen molar-refractivity contribution in [2.75, 3.05) is 27.7 Å². The molecular weight excluding hydrogens is 160 g/mol. The predicted octanol–water partition coefficient (Wildman–Crippen LogP) is -1.17. The van der Waals surface area contributed by atoms with Crippen LogP contribution >= 0.6 is 0 Å².